The van der Waals surface area contributed by atoms with Gasteiger partial charge in [0.05, 0.1) is 16.0 Å². The smallest absolute Gasteiger partial charge is 0.0896 e. The van der Waals surface area contributed by atoms with Crippen LogP contribution in [0, 0.1) is 0 Å². The molecule has 0 bridgehead atoms. The molecule has 13 heavy (non-hydrogen) atoms. The molecule has 1 nitrogen and oxygen atoms in total. The van der Waals surface area contributed by atoms with Crippen molar-refractivity contribution in [3.8, 4) is 0 Å². The summed E-state index contributed by atoms with van der Waals surface area (Å²) in [5, 5.41) is 12.4. The molecule has 0 aliphatic heterocycles. The van der Waals surface area contributed by atoms with Crippen LogP contribution in [0.5, 0.6) is 0 Å². The highest BCUT2D eigenvalue weighted by Crippen LogP contribution is 2.31. The van der Waals surface area contributed by atoms with Crippen molar-refractivity contribution < 1.29 is 5.11 Å². The summed E-state index contributed by atoms with van der Waals surface area (Å²) >= 11 is 7.43. The van der Waals surface area contributed by atoms with Gasteiger partial charge in [-0.3, -0.25) is 0 Å². The van der Waals surface area contributed by atoms with E-state index in [-0.39, 0.29) is 6.10 Å². The molecule has 0 amide bonds. The van der Waals surface area contributed by atoms with Crippen LogP contribution in [0.2, 0.25) is 5.02 Å². The molecule has 0 spiro atoms. The molecule has 1 unspecified atom stereocenters. The molecule has 0 saturated heterocycles. The zero-order valence-corrected chi connectivity index (χ0v) is 9.37. The highest BCUT2D eigenvalue weighted by Gasteiger charge is 2.11. The van der Waals surface area contributed by atoms with E-state index in [1.165, 1.54) is 24.2 Å². The number of aliphatic hydroxyl groups is 1. The van der Waals surface area contributed by atoms with E-state index in [9.17, 15) is 5.11 Å². The number of hydrogen-bond donors (Lipinski definition) is 1. The zero-order chi connectivity index (χ0) is 9.68. The minimum atomic E-state index is -0.362. The molecule has 1 heterocycles. The fourth-order valence-corrected chi connectivity index (χ4v) is 2.47. The first kappa shape index (κ1) is 11.0. The Kier molecular flexibility index (Phi) is 4.78. The Balaban J connectivity index is 2.39. The minimum absolute atomic E-state index is 0.362. The van der Waals surface area contributed by atoms with E-state index in [4.69, 9.17) is 11.6 Å². The average molecular weight is 219 g/mol. The third-order valence-corrected chi connectivity index (χ3v) is 3.49. The zero-order valence-electron chi connectivity index (χ0n) is 7.79. The Morgan fingerprint density at radius 3 is 2.85 bits per heavy atom. The normalized spacial score (nSPS) is 13.2. The maximum Gasteiger partial charge on any atom is 0.0896 e. The lowest BCUT2D eigenvalue weighted by molar-refractivity contribution is 0.167. The van der Waals surface area contributed by atoms with Crippen LogP contribution in [0.4, 0.5) is 0 Å². The van der Waals surface area contributed by atoms with Gasteiger partial charge in [0.15, 0.2) is 0 Å². The van der Waals surface area contributed by atoms with Crippen LogP contribution in [0.15, 0.2) is 11.4 Å². The molecule has 1 rings (SSSR count). The van der Waals surface area contributed by atoms with Gasteiger partial charge in [-0.25, -0.2) is 0 Å². The maximum absolute atomic E-state index is 9.74. The van der Waals surface area contributed by atoms with Crippen molar-refractivity contribution in [3.63, 3.8) is 0 Å². The average Bonchev–Trinajstić information content (AvgIpc) is 2.52. The molecule has 1 atom stereocenters. The second-order valence-electron chi connectivity index (χ2n) is 3.14. The molecule has 1 aromatic heterocycles. The van der Waals surface area contributed by atoms with Crippen molar-refractivity contribution >= 4 is 22.9 Å². The number of hydrogen-bond acceptors (Lipinski definition) is 2. The van der Waals surface area contributed by atoms with Crippen molar-refractivity contribution in [1.82, 2.24) is 0 Å². The van der Waals surface area contributed by atoms with Crippen LogP contribution in [0.1, 0.15) is 43.6 Å². The Morgan fingerprint density at radius 1 is 1.54 bits per heavy atom. The van der Waals surface area contributed by atoms with E-state index in [1.807, 2.05) is 11.4 Å². The van der Waals surface area contributed by atoms with Gasteiger partial charge in [-0.05, 0) is 17.9 Å². The van der Waals surface area contributed by atoms with Gasteiger partial charge in [0.2, 0.25) is 0 Å². The first-order valence-corrected chi connectivity index (χ1v) is 5.92. The second kappa shape index (κ2) is 5.63. The van der Waals surface area contributed by atoms with Gasteiger partial charge in [-0.1, -0.05) is 37.8 Å². The fourth-order valence-electron chi connectivity index (χ4n) is 1.26. The van der Waals surface area contributed by atoms with E-state index in [0.29, 0.717) is 5.02 Å². The van der Waals surface area contributed by atoms with E-state index in [0.717, 1.165) is 17.7 Å². The molecule has 0 radical (unpaired) electrons. The van der Waals surface area contributed by atoms with E-state index in [1.54, 1.807) is 0 Å². The van der Waals surface area contributed by atoms with Crippen molar-refractivity contribution in [2.24, 2.45) is 0 Å². The summed E-state index contributed by atoms with van der Waals surface area (Å²) in [6, 6.07) is 1.84. The van der Waals surface area contributed by atoms with Gasteiger partial charge < -0.3 is 5.11 Å². The Labute approximate surface area is 88.4 Å². The predicted molar refractivity (Wildman–Crippen MR) is 58.4 cm³/mol. The number of unbranched alkanes of at least 4 members (excludes halogenated alkanes) is 2. The monoisotopic (exact) mass is 218 g/mol. The van der Waals surface area contributed by atoms with Crippen LogP contribution in [0.25, 0.3) is 0 Å². The van der Waals surface area contributed by atoms with Crippen molar-refractivity contribution in [1.29, 1.82) is 0 Å². The van der Waals surface area contributed by atoms with Gasteiger partial charge in [-0.15, -0.1) is 11.3 Å². The Morgan fingerprint density at radius 2 is 2.31 bits per heavy atom. The molecule has 1 N–H and O–H groups in total. The number of rotatable bonds is 5. The van der Waals surface area contributed by atoms with Crippen LogP contribution in [-0.4, -0.2) is 5.11 Å². The fraction of sp³-hybridized carbons (Fsp3) is 0.600. The van der Waals surface area contributed by atoms with Crippen LogP contribution in [-0.2, 0) is 0 Å². The third-order valence-electron chi connectivity index (χ3n) is 2.03. The van der Waals surface area contributed by atoms with E-state index < -0.39 is 0 Å². The summed E-state index contributed by atoms with van der Waals surface area (Å²) in [6.07, 6.45) is 3.91. The molecular weight excluding hydrogens is 204 g/mol. The standard InChI is InChI=1S/C10H15ClOS/c1-2-3-4-5-9(12)10-8(11)6-7-13-10/h6-7,9,12H,2-5H2,1H3. The topological polar surface area (TPSA) is 20.2 Å². The number of aliphatic hydroxyl groups excluding tert-OH is 1. The lowest BCUT2D eigenvalue weighted by atomic mass is 10.1. The first-order chi connectivity index (χ1) is 6.25. The molecule has 3 heteroatoms. The maximum atomic E-state index is 9.74. The first-order valence-electron chi connectivity index (χ1n) is 4.66. The summed E-state index contributed by atoms with van der Waals surface area (Å²) in [7, 11) is 0. The number of thiophene rings is 1. The molecular formula is C10H15ClOS. The van der Waals surface area contributed by atoms with Crippen molar-refractivity contribution in [2.75, 3.05) is 0 Å². The van der Waals surface area contributed by atoms with Crippen LogP contribution in [0.3, 0.4) is 0 Å². The predicted octanol–water partition coefficient (Wildman–Crippen LogP) is 4.02. The third kappa shape index (κ3) is 3.29. The van der Waals surface area contributed by atoms with Crippen LogP contribution >= 0.6 is 22.9 Å². The Bertz CT molecular complexity index is 247. The SMILES string of the molecule is CCCCCC(O)c1sccc1Cl. The van der Waals surface area contributed by atoms with Gasteiger partial charge in [0.1, 0.15) is 0 Å². The van der Waals surface area contributed by atoms with Crippen LogP contribution < -0.4 is 0 Å². The van der Waals surface area contributed by atoms with Gasteiger partial charge in [0, 0.05) is 0 Å². The number of halogens is 1. The lowest BCUT2D eigenvalue weighted by Gasteiger charge is -2.08. The summed E-state index contributed by atoms with van der Waals surface area (Å²) in [5.74, 6) is 0. The van der Waals surface area contributed by atoms with Gasteiger partial charge in [0.25, 0.3) is 0 Å². The molecule has 0 aromatic carbocycles. The lowest BCUT2D eigenvalue weighted by Crippen LogP contribution is -1.94. The summed E-state index contributed by atoms with van der Waals surface area (Å²) in [5.41, 5.74) is 0. The molecule has 0 saturated carbocycles. The highest BCUT2D eigenvalue weighted by molar-refractivity contribution is 7.10. The van der Waals surface area contributed by atoms with Gasteiger partial charge in [-0.2, -0.15) is 0 Å². The molecule has 0 aliphatic carbocycles. The summed E-state index contributed by atoms with van der Waals surface area (Å²) in [6.45, 7) is 2.16. The van der Waals surface area contributed by atoms with Crippen molar-refractivity contribution in [2.45, 2.75) is 38.7 Å². The van der Waals surface area contributed by atoms with E-state index in [2.05, 4.69) is 6.92 Å². The minimum Gasteiger partial charge on any atom is -0.388 e. The molecule has 0 aliphatic rings. The second-order valence-corrected chi connectivity index (χ2v) is 4.50. The summed E-state index contributed by atoms with van der Waals surface area (Å²) < 4.78 is 0. The van der Waals surface area contributed by atoms with E-state index >= 15 is 0 Å². The molecule has 74 valence electrons. The largest absolute Gasteiger partial charge is 0.388 e. The van der Waals surface area contributed by atoms with Crippen molar-refractivity contribution in [3.05, 3.63) is 21.3 Å². The highest BCUT2D eigenvalue weighted by atomic mass is 35.5. The summed E-state index contributed by atoms with van der Waals surface area (Å²) in [4.78, 5) is 0.915. The molecule has 0 fully saturated rings. The molecule has 1 aromatic rings. The Hall–Kier alpha value is -0.0500. The van der Waals surface area contributed by atoms with Gasteiger partial charge >= 0.3 is 0 Å². The quantitative estimate of drug-likeness (QED) is 0.741.